The number of rotatable bonds is 4. The molecular weight excluding hydrogens is 296 g/mol. The van der Waals surface area contributed by atoms with Crippen molar-refractivity contribution in [3.63, 3.8) is 0 Å². The van der Waals surface area contributed by atoms with Crippen molar-refractivity contribution in [2.75, 3.05) is 13.7 Å². The van der Waals surface area contributed by atoms with Crippen LogP contribution in [-0.4, -0.2) is 36.2 Å². The summed E-state index contributed by atoms with van der Waals surface area (Å²) >= 11 is 0. The molecule has 0 saturated heterocycles. The third-order valence-electron chi connectivity index (χ3n) is 3.21. The first kappa shape index (κ1) is 17.0. The lowest BCUT2D eigenvalue weighted by Gasteiger charge is -2.19. The van der Waals surface area contributed by atoms with Gasteiger partial charge in [0.25, 0.3) is 0 Å². The molecule has 2 rings (SSSR count). The summed E-state index contributed by atoms with van der Waals surface area (Å²) in [6.45, 7) is 6.33. The number of hydrogen-bond donors (Lipinski definition) is 1. The summed E-state index contributed by atoms with van der Waals surface area (Å²) in [5, 5.41) is 1.76. The molecule has 0 radical (unpaired) electrons. The number of nitrogens with one attached hydrogen (secondary N) is 1. The van der Waals surface area contributed by atoms with Gasteiger partial charge in [-0.15, -0.1) is 0 Å². The van der Waals surface area contributed by atoms with E-state index in [1.807, 2.05) is 32.9 Å². The van der Waals surface area contributed by atoms with Crippen LogP contribution < -0.4 is 5.43 Å². The fourth-order valence-corrected chi connectivity index (χ4v) is 2.19. The number of ether oxygens (including phenoxy) is 2. The molecule has 1 heterocycles. The van der Waals surface area contributed by atoms with E-state index >= 15 is 0 Å². The summed E-state index contributed by atoms with van der Waals surface area (Å²) in [6.07, 6.45) is 1.71. The highest BCUT2D eigenvalue weighted by Crippen LogP contribution is 2.17. The lowest BCUT2D eigenvalue weighted by atomic mass is 10.1. The fourth-order valence-electron chi connectivity index (χ4n) is 2.19. The second-order valence-electron chi connectivity index (χ2n) is 6.27. The van der Waals surface area contributed by atoms with Gasteiger partial charge in [0, 0.05) is 12.7 Å². The second-order valence-corrected chi connectivity index (χ2v) is 6.27. The van der Waals surface area contributed by atoms with Gasteiger partial charge in [0.05, 0.1) is 24.8 Å². The average molecular weight is 318 g/mol. The molecule has 0 amide bonds. The summed E-state index contributed by atoms with van der Waals surface area (Å²) in [5.41, 5.74) is 4.44. The van der Waals surface area contributed by atoms with Crippen molar-refractivity contribution in [3.8, 4) is 0 Å². The Morgan fingerprint density at radius 3 is 2.57 bits per heavy atom. The van der Waals surface area contributed by atoms with E-state index in [1.54, 1.807) is 23.3 Å². The maximum Gasteiger partial charge on any atom is 0.338 e. The van der Waals surface area contributed by atoms with Gasteiger partial charge in [0.1, 0.15) is 5.60 Å². The molecule has 0 bridgehead atoms. The van der Waals surface area contributed by atoms with Gasteiger partial charge in [-0.1, -0.05) is 18.2 Å². The zero-order valence-electron chi connectivity index (χ0n) is 13.9. The van der Waals surface area contributed by atoms with E-state index in [1.165, 1.54) is 7.11 Å². The minimum absolute atomic E-state index is 0.339. The molecule has 0 atom stereocenters. The van der Waals surface area contributed by atoms with Crippen LogP contribution in [0.4, 0.5) is 0 Å². The number of benzene rings is 1. The minimum atomic E-state index is -0.525. The molecular formula is C17H22N2O4. The van der Waals surface area contributed by atoms with Crippen LogP contribution in [-0.2, 0) is 20.8 Å². The molecule has 0 aromatic heterocycles. The number of hydrazine groups is 1. The third kappa shape index (κ3) is 4.56. The Hall–Kier alpha value is -2.34. The first-order chi connectivity index (χ1) is 10.8. The predicted octanol–water partition coefficient (Wildman–Crippen LogP) is 2.02. The first-order valence-electron chi connectivity index (χ1n) is 7.40. The molecule has 1 aromatic carbocycles. The molecule has 0 spiro atoms. The van der Waals surface area contributed by atoms with E-state index in [2.05, 4.69) is 5.43 Å². The topological polar surface area (TPSA) is 67.9 Å². The highest BCUT2D eigenvalue weighted by molar-refractivity contribution is 5.91. The molecule has 0 aliphatic carbocycles. The average Bonchev–Trinajstić information content (AvgIpc) is 2.94. The van der Waals surface area contributed by atoms with Crippen LogP contribution in [0.2, 0.25) is 0 Å². The molecule has 23 heavy (non-hydrogen) atoms. The van der Waals surface area contributed by atoms with Crippen molar-refractivity contribution in [3.05, 3.63) is 47.2 Å². The highest BCUT2D eigenvalue weighted by atomic mass is 16.6. The quantitative estimate of drug-likeness (QED) is 0.857. The Labute approximate surface area is 136 Å². The molecule has 1 aromatic rings. The Bertz CT molecular complexity index is 632. The standard InChI is InChI=1S/C17H22N2O4/c1-17(2,3)23-15(20)13-9-18-19(11-13)10-12-7-5-6-8-14(12)16(21)22-4/h5-8,11,18H,9-10H2,1-4H3. The fraction of sp³-hybridized carbons (Fsp3) is 0.412. The second kappa shape index (κ2) is 6.83. The highest BCUT2D eigenvalue weighted by Gasteiger charge is 2.24. The molecule has 6 heteroatoms. The lowest BCUT2D eigenvalue weighted by Crippen LogP contribution is -2.30. The smallest absolute Gasteiger partial charge is 0.338 e. The molecule has 124 valence electrons. The molecule has 1 aliphatic rings. The lowest BCUT2D eigenvalue weighted by molar-refractivity contribution is -0.149. The van der Waals surface area contributed by atoms with Gasteiger partial charge in [0.2, 0.25) is 0 Å². The Balaban J connectivity index is 2.08. The van der Waals surface area contributed by atoms with Crippen LogP contribution in [0.5, 0.6) is 0 Å². The summed E-state index contributed by atoms with van der Waals surface area (Å²) in [5.74, 6) is -0.718. The zero-order chi connectivity index (χ0) is 17.0. The molecule has 1 N–H and O–H groups in total. The van der Waals surface area contributed by atoms with Crippen LogP contribution in [0.15, 0.2) is 36.0 Å². The van der Waals surface area contributed by atoms with Crippen molar-refractivity contribution in [2.24, 2.45) is 0 Å². The molecule has 0 fully saturated rings. The van der Waals surface area contributed by atoms with Gasteiger partial charge in [-0.05, 0) is 32.4 Å². The predicted molar refractivity (Wildman–Crippen MR) is 85.3 cm³/mol. The van der Waals surface area contributed by atoms with Crippen molar-refractivity contribution in [2.45, 2.75) is 32.9 Å². The van der Waals surface area contributed by atoms with Crippen molar-refractivity contribution >= 4 is 11.9 Å². The van der Waals surface area contributed by atoms with E-state index in [-0.39, 0.29) is 11.9 Å². The number of hydrogen-bond acceptors (Lipinski definition) is 6. The van der Waals surface area contributed by atoms with Gasteiger partial charge in [-0.2, -0.15) is 0 Å². The van der Waals surface area contributed by atoms with Crippen LogP contribution in [0.25, 0.3) is 0 Å². The number of methoxy groups -OCH3 is 1. The van der Waals surface area contributed by atoms with E-state index in [4.69, 9.17) is 9.47 Å². The van der Waals surface area contributed by atoms with Gasteiger partial charge in [-0.25, -0.2) is 15.0 Å². The van der Waals surface area contributed by atoms with Crippen LogP contribution in [0.1, 0.15) is 36.7 Å². The van der Waals surface area contributed by atoms with Gasteiger partial charge < -0.3 is 14.5 Å². The van der Waals surface area contributed by atoms with Gasteiger partial charge >= 0.3 is 11.9 Å². The van der Waals surface area contributed by atoms with E-state index in [0.717, 1.165) is 5.56 Å². The Morgan fingerprint density at radius 1 is 1.22 bits per heavy atom. The summed E-state index contributed by atoms with van der Waals surface area (Å²) in [6, 6.07) is 7.22. The summed E-state index contributed by atoms with van der Waals surface area (Å²) in [7, 11) is 1.35. The van der Waals surface area contributed by atoms with Crippen LogP contribution in [0, 0.1) is 0 Å². The maximum atomic E-state index is 12.0. The Morgan fingerprint density at radius 2 is 1.91 bits per heavy atom. The van der Waals surface area contributed by atoms with E-state index in [9.17, 15) is 9.59 Å². The van der Waals surface area contributed by atoms with Crippen molar-refractivity contribution in [1.82, 2.24) is 10.4 Å². The number of esters is 2. The number of carbonyl (C=O) groups is 2. The summed E-state index contributed by atoms with van der Waals surface area (Å²) in [4.78, 5) is 23.8. The number of nitrogens with zero attached hydrogens (tertiary/aromatic N) is 1. The molecule has 0 unspecified atom stereocenters. The SMILES string of the molecule is COC(=O)c1ccccc1CN1C=C(C(=O)OC(C)(C)C)CN1. The maximum absolute atomic E-state index is 12.0. The largest absolute Gasteiger partial charge is 0.465 e. The minimum Gasteiger partial charge on any atom is -0.465 e. The van der Waals surface area contributed by atoms with Gasteiger partial charge in [0.15, 0.2) is 0 Å². The third-order valence-corrected chi connectivity index (χ3v) is 3.21. The zero-order valence-corrected chi connectivity index (χ0v) is 13.9. The monoisotopic (exact) mass is 318 g/mol. The Kier molecular flexibility index (Phi) is 5.05. The summed E-state index contributed by atoms with van der Waals surface area (Å²) < 4.78 is 10.1. The molecule has 6 nitrogen and oxygen atoms in total. The van der Waals surface area contributed by atoms with Gasteiger partial charge in [-0.3, -0.25) is 0 Å². The van der Waals surface area contributed by atoms with Crippen molar-refractivity contribution < 1.29 is 19.1 Å². The first-order valence-corrected chi connectivity index (χ1v) is 7.40. The number of carbonyl (C=O) groups excluding carboxylic acids is 2. The molecule has 0 saturated carbocycles. The van der Waals surface area contributed by atoms with Crippen LogP contribution in [0.3, 0.4) is 0 Å². The van der Waals surface area contributed by atoms with Crippen molar-refractivity contribution in [1.29, 1.82) is 0 Å². The van der Waals surface area contributed by atoms with E-state index < -0.39 is 5.60 Å². The molecule has 1 aliphatic heterocycles. The van der Waals surface area contributed by atoms with E-state index in [0.29, 0.717) is 24.2 Å². The normalized spacial score (nSPS) is 14.4. The van der Waals surface area contributed by atoms with Crippen LogP contribution >= 0.6 is 0 Å².